The molecule has 0 fully saturated rings. The highest BCUT2D eigenvalue weighted by Gasteiger charge is 2.49. The molecule has 0 aliphatic carbocycles. The maximum Gasteiger partial charge on any atom is 0.345 e. The molecule has 0 spiro atoms. The first kappa shape index (κ1) is 20.8. The van der Waals surface area contributed by atoms with Crippen molar-refractivity contribution in [2.24, 2.45) is 0 Å². The van der Waals surface area contributed by atoms with Gasteiger partial charge in [0, 0.05) is 17.6 Å². The van der Waals surface area contributed by atoms with Crippen LogP contribution in [0.3, 0.4) is 0 Å². The van der Waals surface area contributed by atoms with Crippen LogP contribution in [0.1, 0.15) is 11.1 Å². The van der Waals surface area contributed by atoms with Crippen LogP contribution in [0.5, 0.6) is 17.2 Å². The Kier molecular flexibility index (Phi) is 5.58. The Bertz CT molecular complexity index is 1050. The van der Waals surface area contributed by atoms with Gasteiger partial charge in [0.1, 0.15) is 17.9 Å². The number of cyclic esters (lactones) is 1. The molecule has 0 bridgehead atoms. The lowest BCUT2D eigenvalue weighted by Crippen LogP contribution is -2.29. The van der Waals surface area contributed by atoms with Crippen LogP contribution in [0, 0.1) is 0 Å². The third-order valence-corrected chi connectivity index (χ3v) is 5.20. The summed E-state index contributed by atoms with van der Waals surface area (Å²) in [4.78, 5) is 22.9. The maximum atomic E-state index is 12.8. The molecule has 2 aromatic carbocycles. The molecule has 8 heteroatoms. The van der Waals surface area contributed by atoms with Crippen LogP contribution in [0.15, 0.2) is 65.4 Å². The second kappa shape index (κ2) is 8.33. The van der Waals surface area contributed by atoms with E-state index in [0.29, 0.717) is 28.4 Å². The number of ether oxygens (including phenoxy) is 4. The van der Waals surface area contributed by atoms with Gasteiger partial charge in [-0.15, -0.1) is 0 Å². The molecule has 2 aliphatic heterocycles. The number of hydrogen-bond acceptors (Lipinski definition) is 8. The zero-order valence-electron chi connectivity index (χ0n) is 17.3. The molecule has 0 radical (unpaired) electrons. The quantitative estimate of drug-likeness (QED) is 0.534. The molecular formula is C23H22O8. The van der Waals surface area contributed by atoms with E-state index in [1.807, 2.05) is 6.07 Å². The van der Waals surface area contributed by atoms with Gasteiger partial charge in [-0.1, -0.05) is 6.07 Å². The van der Waals surface area contributed by atoms with Gasteiger partial charge in [-0.05, 0) is 48.0 Å². The number of carbonyl (C=O) groups excluding carboxylic acids is 1. The molecule has 162 valence electrons. The smallest absolute Gasteiger partial charge is 0.345 e. The van der Waals surface area contributed by atoms with Crippen LogP contribution >= 0.6 is 0 Å². The molecule has 31 heavy (non-hydrogen) atoms. The highest BCUT2D eigenvalue weighted by molar-refractivity contribution is 5.97. The molecule has 1 N–H and O–H groups in total. The van der Waals surface area contributed by atoms with Crippen LogP contribution in [0.4, 0.5) is 0 Å². The molecule has 2 heterocycles. The van der Waals surface area contributed by atoms with Crippen LogP contribution in [-0.2, 0) is 31.5 Å². The SMILES string of the molecule is COc1ccc(C2(O)OC(=O)C(C3=CCOO3)=C2Cc2ccc(OC)c(OC)c2)cc1. The van der Waals surface area contributed by atoms with Gasteiger partial charge >= 0.3 is 5.97 Å². The van der Waals surface area contributed by atoms with E-state index in [1.54, 1.807) is 56.7 Å². The topological polar surface area (TPSA) is 92.7 Å². The van der Waals surface area contributed by atoms with Crippen molar-refractivity contribution >= 4 is 5.97 Å². The maximum absolute atomic E-state index is 12.8. The fraction of sp³-hybridized carbons (Fsp3) is 0.261. The number of rotatable bonds is 7. The summed E-state index contributed by atoms with van der Waals surface area (Å²) in [5.41, 5.74) is 1.61. The lowest BCUT2D eigenvalue weighted by molar-refractivity contribution is -0.231. The molecule has 2 aliphatic rings. The molecule has 1 atom stereocenters. The first-order chi connectivity index (χ1) is 15.0. The average molecular weight is 426 g/mol. The summed E-state index contributed by atoms with van der Waals surface area (Å²) in [6.07, 6.45) is 1.80. The normalized spacial score (nSPS) is 20.3. The summed E-state index contributed by atoms with van der Waals surface area (Å²) in [6, 6.07) is 12.0. The largest absolute Gasteiger partial charge is 0.497 e. The summed E-state index contributed by atoms with van der Waals surface area (Å²) in [5.74, 6) is -0.772. The van der Waals surface area contributed by atoms with Crippen LogP contribution in [0.25, 0.3) is 0 Å². The van der Waals surface area contributed by atoms with Crippen LogP contribution in [0.2, 0.25) is 0 Å². The van der Waals surface area contributed by atoms with E-state index < -0.39 is 11.8 Å². The van der Waals surface area contributed by atoms with Crippen molar-refractivity contribution in [2.45, 2.75) is 12.2 Å². The standard InChI is InChI=1S/C23H22O8/c1-26-16-7-5-15(6-8-16)23(25)17(21(22(24)30-23)19-10-11-29-31-19)12-14-4-9-18(27-2)20(13-14)28-3/h4-10,13,25H,11-12H2,1-3H3. The zero-order valence-corrected chi connectivity index (χ0v) is 17.3. The van der Waals surface area contributed by atoms with Gasteiger partial charge in [0.2, 0.25) is 0 Å². The number of carbonyl (C=O) groups is 1. The van der Waals surface area contributed by atoms with Gasteiger partial charge in [-0.3, -0.25) is 0 Å². The molecule has 1 unspecified atom stereocenters. The van der Waals surface area contributed by atoms with E-state index in [1.165, 1.54) is 7.11 Å². The molecule has 4 rings (SSSR count). The molecule has 0 aromatic heterocycles. The lowest BCUT2D eigenvalue weighted by Gasteiger charge is -2.26. The summed E-state index contributed by atoms with van der Waals surface area (Å²) in [7, 11) is 4.63. The fourth-order valence-electron chi connectivity index (χ4n) is 3.63. The highest BCUT2D eigenvalue weighted by Crippen LogP contribution is 2.44. The Balaban J connectivity index is 1.81. The van der Waals surface area contributed by atoms with Crippen molar-refractivity contribution < 1.29 is 38.6 Å². The van der Waals surface area contributed by atoms with Crippen molar-refractivity contribution in [3.63, 3.8) is 0 Å². The Labute approximate surface area is 179 Å². The minimum atomic E-state index is -1.99. The number of benzene rings is 2. The monoisotopic (exact) mass is 426 g/mol. The first-order valence-electron chi connectivity index (χ1n) is 9.55. The van der Waals surface area contributed by atoms with Crippen molar-refractivity contribution in [2.75, 3.05) is 27.9 Å². The van der Waals surface area contributed by atoms with Crippen molar-refractivity contribution in [1.29, 1.82) is 0 Å². The van der Waals surface area contributed by atoms with Gasteiger partial charge < -0.3 is 28.9 Å². The van der Waals surface area contributed by atoms with Crippen LogP contribution < -0.4 is 14.2 Å². The van der Waals surface area contributed by atoms with E-state index in [4.69, 9.17) is 28.7 Å². The Morgan fingerprint density at radius 3 is 2.35 bits per heavy atom. The minimum Gasteiger partial charge on any atom is -0.497 e. The van der Waals surface area contributed by atoms with E-state index in [9.17, 15) is 9.90 Å². The summed E-state index contributed by atoms with van der Waals surface area (Å²) in [6.45, 7) is 0.191. The third-order valence-electron chi connectivity index (χ3n) is 5.20. The predicted octanol–water partition coefficient (Wildman–Crippen LogP) is 2.80. The number of hydrogen-bond donors (Lipinski definition) is 1. The van der Waals surface area contributed by atoms with Gasteiger partial charge in [0.05, 0.1) is 21.3 Å². The Morgan fingerprint density at radius 1 is 1.00 bits per heavy atom. The molecule has 2 aromatic rings. The van der Waals surface area contributed by atoms with E-state index >= 15 is 0 Å². The van der Waals surface area contributed by atoms with Crippen molar-refractivity contribution in [3.8, 4) is 17.2 Å². The van der Waals surface area contributed by atoms with Gasteiger partial charge in [-0.25, -0.2) is 4.79 Å². The third kappa shape index (κ3) is 3.71. The minimum absolute atomic E-state index is 0.130. The lowest BCUT2D eigenvalue weighted by atomic mass is 9.89. The summed E-state index contributed by atoms with van der Waals surface area (Å²) in [5, 5.41) is 11.6. The predicted molar refractivity (Wildman–Crippen MR) is 108 cm³/mol. The van der Waals surface area contributed by atoms with Gasteiger partial charge in [0.15, 0.2) is 17.3 Å². The zero-order chi connectivity index (χ0) is 22.0. The molecule has 8 nitrogen and oxygen atoms in total. The van der Waals surface area contributed by atoms with Crippen molar-refractivity contribution in [1.82, 2.24) is 0 Å². The Hall–Kier alpha value is -3.49. The molecular weight excluding hydrogens is 404 g/mol. The Morgan fingerprint density at radius 2 is 1.74 bits per heavy atom. The van der Waals surface area contributed by atoms with Crippen molar-refractivity contribution in [3.05, 3.63) is 76.6 Å². The second-order valence-electron chi connectivity index (χ2n) is 6.92. The van der Waals surface area contributed by atoms with E-state index in [2.05, 4.69) is 0 Å². The average Bonchev–Trinajstić information content (AvgIpc) is 3.40. The van der Waals surface area contributed by atoms with Gasteiger partial charge in [0.25, 0.3) is 5.79 Å². The number of esters is 1. The molecule has 0 amide bonds. The van der Waals surface area contributed by atoms with Crippen LogP contribution in [-0.4, -0.2) is 39.0 Å². The molecule has 0 saturated carbocycles. The van der Waals surface area contributed by atoms with Gasteiger partial charge in [-0.2, -0.15) is 4.89 Å². The second-order valence-corrected chi connectivity index (χ2v) is 6.92. The summed E-state index contributed by atoms with van der Waals surface area (Å²) >= 11 is 0. The molecule has 0 saturated heterocycles. The fourth-order valence-corrected chi connectivity index (χ4v) is 3.63. The summed E-state index contributed by atoms with van der Waals surface area (Å²) < 4.78 is 21.3. The number of methoxy groups -OCH3 is 3. The van der Waals surface area contributed by atoms with E-state index in [0.717, 1.165) is 5.56 Å². The highest BCUT2D eigenvalue weighted by atomic mass is 17.2. The number of aliphatic hydroxyl groups is 1. The van der Waals surface area contributed by atoms with E-state index in [-0.39, 0.29) is 24.4 Å². The first-order valence-corrected chi connectivity index (χ1v) is 9.55.